The summed E-state index contributed by atoms with van der Waals surface area (Å²) in [5.74, 6) is 0.849. The Morgan fingerprint density at radius 2 is 1.50 bits per heavy atom. The van der Waals surface area contributed by atoms with Crippen LogP contribution < -0.4 is 0 Å². The summed E-state index contributed by atoms with van der Waals surface area (Å²) in [5.41, 5.74) is 0. The Labute approximate surface area is 64.7 Å². The van der Waals surface area contributed by atoms with Crippen molar-refractivity contribution >= 4 is 0 Å². The summed E-state index contributed by atoms with van der Waals surface area (Å²) in [6, 6.07) is 0. The lowest BCUT2D eigenvalue weighted by molar-refractivity contribution is -0.870. The van der Waals surface area contributed by atoms with E-state index in [-0.39, 0.29) is 5.48 Å². The molecule has 64 valence electrons. The summed E-state index contributed by atoms with van der Waals surface area (Å²) < 4.78 is 1.10. The second-order valence-electron chi connectivity index (χ2n) is 4.20. The highest BCUT2D eigenvalue weighted by molar-refractivity contribution is 4.41. The summed E-state index contributed by atoms with van der Waals surface area (Å²) in [7, 11) is 6.72. The standard InChI is InChI=1S/C8H20N.H2O/c1-8(2)6-7-9(3,4)5;/h8H,6-7H2,1-5H3;1H2/q+1;/p-1. The van der Waals surface area contributed by atoms with Crippen molar-refractivity contribution in [3.63, 3.8) is 0 Å². The van der Waals surface area contributed by atoms with Gasteiger partial charge >= 0.3 is 0 Å². The van der Waals surface area contributed by atoms with E-state index in [9.17, 15) is 0 Å². The third-order valence-corrected chi connectivity index (χ3v) is 1.38. The van der Waals surface area contributed by atoms with Gasteiger partial charge in [-0.15, -0.1) is 0 Å². The summed E-state index contributed by atoms with van der Waals surface area (Å²) in [4.78, 5) is 0. The molecule has 2 heteroatoms. The highest BCUT2D eigenvalue weighted by atomic mass is 16.0. The predicted molar refractivity (Wildman–Crippen MR) is 44.3 cm³/mol. The Morgan fingerprint density at radius 3 is 1.60 bits per heavy atom. The third-order valence-electron chi connectivity index (χ3n) is 1.38. The molecular weight excluding hydrogens is 126 g/mol. The van der Waals surface area contributed by atoms with Crippen LogP contribution in [-0.2, 0) is 0 Å². The van der Waals surface area contributed by atoms with Crippen LogP contribution in [0.2, 0.25) is 0 Å². The van der Waals surface area contributed by atoms with E-state index >= 15 is 0 Å². The lowest BCUT2D eigenvalue weighted by atomic mass is 10.1. The topological polar surface area (TPSA) is 30.0 Å². The van der Waals surface area contributed by atoms with Crippen molar-refractivity contribution in [3.8, 4) is 0 Å². The fourth-order valence-corrected chi connectivity index (χ4v) is 0.645. The minimum Gasteiger partial charge on any atom is -0.870 e. The van der Waals surface area contributed by atoms with Gasteiger partial charge in [-0.3, -0.25) is 0 Å². The number of nitrogens with zero attached hydrogens (tertiary/aromatic N) is 1. The number of hydrogen-bond donors (Lipinski definition) is 0. The molecule has 0 fully saturated rings. The van der Waals surface area contributed by atoms with Gasteiger partial charge in [-0.2, -0.15) is 0 Å². The Morgan fingerprint density at radius 1 is 1.10 bits per heavy atom. The molecule has 0 amide bonds. The van der Waals surface area contributed by atoms with Crippen molar-refractivity contribution in [3.05, 3.63) is 0 Å². The zero-order valence-electron chi connectivity index (χ0n) is 7.89. The molecular formula is C8H21NO. The molecule has 2 nitrogen and oxygen atoms in total. The van der Waals surface area contributed by atoms with Crippen molar-refractivity contribution in [2.24, 2.45) is 5.92 Å². The number of rotatable bonds is 3. The zero-order chi connectivity index (χ0) is 7.49. The SMILES string of the molecule is CC(C)CC[N+](C)(C)C.[OH-]. The summed E-state index contributed by atoms with van der Waals surface area (Å²) >= 11 is 0. The van der Waals surface area contributed by atoms with Gasteiger partial charge in [-0.1, -0.05) is 13.8 Å². The average molecular weight is 147 g/mol. The van der Waals surface area contributed by atoms with E-state index in [1.165, 1.54) is 13.0 Å². The van der Waals surface area contributed by atoms with Crippen LogP contribution in [0.15, 0.2) is 0 Å². The smallest absolute Gasteiger partial charge is 0.0782 e. The fourth-order valence-electron chi connectivity index (χ4n) is 0.645. The zero-order valence-corrected chi connectivity index (χ0v) is 7.89. The lowest BCUT2D eigenvalue weighted by Crippen LogP contribution is -2.35. The first-order chi connectivity index (χ1) is 3.92. The van der Waals surface area contributed by atoms with Gasteiger partial charge in [0.15, 0.2) is 0 Å². The van der Waals surface area contributed by atoms with Crippen molar-refractivity contribution in [2.75, 3.05) is 27.7 Å². The fraction of sp³-hybridized carbons (Fsp3) is 1.00. The second kappa shape index (κ2) is 4.69. The molecule has 0 aromatic carbocycles. The Bertz CT molecular complexity index is 73.8. The number of quaternary nitrogens is 1. The molecule has 0 aliphatic carbocycles. The molecule has 0 saturated heterocycles. The van der Waals surface area contributed by atoms with Crippen molar-refractivity contribution in [1.29, 1.82) is 0 Å². The summed E-state index contributed by atoms with van der Waals surface area (Å²) in [6.45, 7) is 5.84. The summed E-state index contributed by atoms with van der Waals surface area (Å²) in [6.07, 6.45) is 1.34. The lowest BCUT2D eigenvalue weighted by Gasteiger charge is -2.24. The van der Waals surface area contributed by atoms with E-state index in [0.29, 0.717) is 0 Å². The van der Waals surface area contributed by atoms with Gasteiger partial charge in [-0.25, -0.2) is 0 Å². The van der Waals surface area contributed by atoms with Crippen LogP contribution in [0.3, 0.4) is 0 Å². The van der Waals surface area contributed by atoms with Gasteiger partial charge in [0.2, 0.25) is 0 Å². The van der Waals surface area contributed by atoms with E-state index < -0.39 is 0 Å². The average Bonchev–Trinajstić information content (AvgIpc) is 1.59. The minimum atomic E-state index is 0. The molecule has 0 atom stereocenters. The van der Waals surface area contributed by atoms with Gasteiger partial charge in [0.25, 0.3) is 0 Å². The maximum Gasteiger partial charge on any atom is 0.0782 e. The van der Waals surface area contributed by atoms with Gasteiger partial charge in [0.1, 0.15) is 0 Å². The highest BCUT2D eigenvalue weighted by Gasteiger charge is 2.06. The van der Waals surface area contributed by atoms with Gasteiger partial charge in [-0.05, 0) is 12.3 Å². The van der Waals surface area contributed by atoms with E-state index in [2.05, 4.69) is 35.0 Å². The molecule has 1 N–H and O–H groups in total. The maximum absolute atomic E-state index is 2.27. The molecule has 0 aliphatic rings. The molecule has 0 radical (unpaired) electrons. The monoisotopic (exact) mass is 147 g/mol. The summed E-state index contributed by atoms with van der Waals surface area (Å²) in [5, 5.41) is 0. The molecule has 0 saturated carbocycles. The van der Waals surface area contributed by atoms with Crippen LogP contribution in [0.25, 0.3) is 0 Å². The molecule has 0 bridgehead atoms. The first kappa shape index (κ1) is 12.6. The quantitative estimate of drug-likeness (QED) is 0.557. The molecule has 0 aliphatic heterocycles. The molecule has 0 aromatic heterocycles. The maximum atomic E-state index is 2.27. The van der Waals surface area contributed by atoms with Crippen LogP contribution >= 0.6 is 0 Å². The highest BCUT2D eigenvalue weighted by Crippen LogP contribution is 2.02. The molecule has 0 rings (SSSR count). The molecule has 0 spiro atoms. The second-order valence-corrected chi connectivity index (χ2v) is 4.20. The molecule has 10 heavy (non-hydrogen) atoms. The molecule has 0 aromatic rings. The first-order valence-corrected chi connectivity index (χ1v) is 3.72. The molecule has 0 unspecified atom stereocenters. The van der Waals surface area contributed by atoms with Gasteiger partial charge in [0, 0.05) is 0 Å². The van der Waals surface area contributed by atoms with Crippen LogP contribution in [-0.4, -0.2) is 37.6 Å². The van der Waals surface area contributed by atoms with E-state index in [4.69, 9.17) is 0 Å². The van der Waals surface area contributed by atoms with Crippen LogP contribution in [0.5, 0.6) is 0 Å². The number of hydrogen-bond acceptors (Lipinski definition) is 1. The predicted octanol–water partition coefficient (Wildman–Crippen LogP) is 1.56. The van der Waals surface area contributed by atoms with E-state index in [0.717, 1.165) is 10.4 Å². The Hall–Kier alpha value is -0.0800. The van der Waals surface area contributed by atoms with Crippen molar-refractivity contribution in [1.82, 2.24) is 0 Å². The van der Waals surface area contributed by atoms with E-state index in [1.54, 1.807) is 0 Å². The molecule has 0 heterocycles. The largest absolute Gasteiger partial charge is 0.870 e. The van der Waals surface area contributed by atoms with Gasteiger partial charge in [0.05, 0.1) is 27.7 Å². The van der Waals surface area contributed by atoms with Crippen molar-refractivity contribution in [2.45, 2.75) is 20.3 Å². The third kappa shape index (κ3) is 10.8. The normalized spacial score (nSPS) is 11.4. The first-order valence-electron chi connectivity index (χ1n) is 3.72. The minimum absolute atomic E-state index is 0. The van der Waals surface area contributed by atoms with Crippen LogP contribution in [0.1, 0.15) is 20.3 Å². The van der Waals surface area contributed by atoms with Crippen LogP contribution in [0, 0.1) is 5.92 Å². The van der Waals surface area contributed by atoms with Gasteiger partial charge < -0.3 is 9.96 Å². The van der Waals surface area contributed by atoms with Crippen LogP contribution in [0.4, 0.5) is 0 Å². The van der Waals surface area contributed by atoms with Crippen molar-refractivity contribution < 1.29 is 9.96 Å². The van der Waals surface area contributed by atoms with E-state index in [1.807, 2.05) is 0 Å². The Balaban J connectivity index is 0. The Kier molecular flexibility index (Phi) is 5.90.